The van der Waals surface area contributed by atoms with Crippen LogP contribution in [0.25, 0.3) is 0 Å². The van der Waals surface area contributed by atoms with Crippen LogP contribution in [0.3, 0.4) is 0 Å². The predicted octanol–water partition coefficient (Wildman–Crippen LogP) is 1.67. The average molecular weight is 218 g/mol. The third-order valence-electron chi connectivity index (χ3n) is 3.17. The topological polar surface area (TPSA) is 55.1 Å². The molecule has 1 atom stereocenters. The van der Waals surface area contributed by atoms with Crippen LogP contribution in [0.2, 0.25) is 0 Å². The summed E-state index contributed by atoms with van der Waals surface area (Å²) in [5.41, 5.74) is 6.93. The molecule has 0 bridgehead atoms. The summed E-state index contributed by atoms with van der Waals surface area (Å²) in [4.78, 5) is 11.0. The Morgan fingerprint density at radius 1 is 1.56 bits per heavy atom. The molecule has 3 N–H and O–H groups in total. The van der Waals surface area contributed by atoms with E-state index in [1.807, 2.05) is 18.2 Å². The van der Waals surface area contributed by atoms with E-state index >= 15 is 0 Å². The van der Waals surface area contributed by atoms with E-state index in [4.69, 9.17) is 5.73 Å². The van der Waals surface area contributed by atoms with Gasteiger partial charge in [0.05, 0.1) is 0 Å². The van der Waals surface area contributed by atoms with Crippen LogP contribution >= 0.6 is 0 Å². The van der Waals surface area contributed by atoms with Crippen molar-refractivity contribution in [1.82, 2.24) is 5.32 Å². The normalized spacial score (nSPS) is 17.1. The van der Waals surface area contributed by atoms with Crippen molar-refractivity contribution >= 4 is 5.91 Å². The number of carbonyl (C=O) groups is 1. The Morgan fingerprint density at radius 2 is 2.31 bits per heavy atom. The first-order valence-electron chi connectivity index (χ1n) is 5.79. The molecule has 1 fully saturated rings. The Kier molecular flexibility index (Phi) is 3.25. The third-order valence-corrected chi connectivity index (χ3v) is 3.17. The van der Waals surface area contributed by atoms with Gasteiger partial charge in [-0.05, 0) is 43.4 Å². The maximum Gasteiger partial charge on any atom is 0.248 e. The van der Waals surface area contributed by atoms with Gasteiger partial charge in [-0.25, -0.2) is 0 Å². The van der Waals surface area contributed by atoms with Crippen molar-refractivity contribution in [3.05, 3.63) is 35.4 Å². The fourth-order valence-electron chi connectivity index (χ4n) is 1.88. The Morgan fingerprint density at radius 3 is 2.94 bits per heavy atom. The van der Waals surface area contributed by atoms with Gasteiger partial charge >= 0.3 is 0 Å². The molecule has 2 rings (SSSR count). The Hall–Kier alpha value is -1.35. The van der Waals surface area contributed by atoms with Gasteiger partial charge in [0.1, 0.15) is 0 Å². The van der Waals surface area contributed by atoms with Gasteiger partial charge in [0, 0.05) is 18.2 Å². The lowest BCUT2D eigenvalue weighted by atomic mass is 10.1. The number of rotatable bonds is 5. The number of hydrogen-bond donors (Lipinski definition) is 2. The molecule has 1 aromatic rings. The fourth-order valence-corrected chi connectivity index (χ4v) is 1.88. The first-order chi connectivity index (χ1) is 7.66. The van der Waals surface area contributed by atoms with E-state index < -0.39 is 0 Å². The van der Waals surface area contributed by atoms with Crippen LogP contribution in [0.15, 0.2) is 24.3 Å². The van der Waals surface area contributed by atoms with Crippen LogP contribution in [0.5, 0.6) is 0 Å². The zero-order chi connectivity index (χ0) is 11.5. The number of amides is 1. The van der Waals surface area contributed by atoms with E-state index in [9.17, 15) is 4.79 Å². The van der Waals surface area contributed by atoms with Gasteiger partial charge in [0.2, 0.25) is 5.91 Å². The summed E-state index contributed by atoms with van der Waals surface area (Å²) in [6, 6.07) is 8.06. The second-order valence-electron chi connectivity index (χ2n) is 4.57. The summed E-state index contributed by atoms with van der Waals surface area (Å²) >= 11 is 0. The quantitative estimate of drug-likeness (QED) is 0.790. The van der Waals surface area contributed by atoms with E-state index in [1.54, 1.807) is 6.07 Å². The van der Waals surface area contributed by atoms with Crippen LogP contribution < -0.4 is 11.1 Å². The number of carbonyl (C=O) groups excluding carboxylic acids is 1. The summed E-state index contributed by atoms with van der Waals surface area (Å²) in [6.45, 7) is 3.02. The van der Waals surface area contributed by atoms with Gasteiger partial charge in [0.15, 0.2) is 0 Å². The fraction of sp³-hybridized carbons (Fsp3) is 0.462. The van der Waals surface area contributed by atoms with Gasteiger partial charge in [-0.3, -0.25) is 4.79 Å². The van der Waals surface area contributed by atoms with Crippen molar-refractivity contribution < 1.29 is 4.79 Å². The molecule has 0 aliphatic heterocycles. The molecule has 1 aliphatic carbocycles. The van der Waals surface area contributed by atoms with Crippen LogP contribution in [-0.4, -0.2) is 11.9 Å². The van der Waals surface area contributed by atoms with Crippen LogP contribution in [0.4, 0.5) is 0 Å². The molecule has 0 saturated heterocycles. The van der Waals surface area contributed by atoms with E-state index in [0.29, 0.717) is 11.6 Å². The highest BCUT2D eigenvalue weighted by Crippen LogP contribution is 2.32. The van der Waals surface area contributed by atoms with Crippen molar-refractivity contribution in [3.8, 4) is 0 Å². The SMILES string of the molecule is CC(NCc1cccc(C(N)=O)c1)C1CC1. The summed E-state index contributed by atoms with van der Waals surface area (Å²) in [6.07, 6.45) is 2.69. The monoisotopic (exact) mass is 218 g/mol. The first kappa shape index (κ1) is 11.1. The smallest absolute Gasteiger partial charge is 0.248 e. The van der Waals surface area contributed by atoms with Crippen molar-refractivity contribution in [3.63, 3.8) is 0 Å². The number of nitrogens with two attached hydrogens (primary N) is 1. The van der Waals surface area contributed by atoms with E-state index in [2.05, 4.69) is 12.2 Å². The predicted molar refractivity (Wildman–Crippen MR) is 64.0 cm³/mol. The van der Waals surface area contributed by atoms with Gasteiger partial charge in [-0.15, -0.1) is 0 Å². The highest BCUT2D eigenvalue weighted by Gasteiger charge is 2.27. The first-order valence-corrected chi connectivity index (χ1v) is 5.79. The number of benzene rings is 1. The molecule has 0 radical (unpaired) electrons. The number of hydrogen-bond acceptors (Lipinski definition) is 2. The Labute approximate surface area is 96.0 Å². The third kappa shape index (κ3) is 2.83. The Balaban J connectivity index is 1.92. The summed E-state index contributed by atoms with van der Waals surface area (Å²) in [7, 11) is 0. The van der Waals surface area contributed by atoms with Crippen molar-refractivity contribution in [1.29, 1.82) is 0 Å². The van der Waals surface area contributed by atoms with E-state index in [1.165, 1.54) is 12.8 Å². The molecular formula is C13H18N2O. The van der Waals surface area contributed by atoms with E-state index in [0.717, 1.165) is 18.0 Å². The van der Waals surface area contributed by atoms with E-state index in [-0.39, 0.29) is 5.91 Å². The van der Waals surface area contributed by atoms with Crippen molar-refractivity contribution in [2.24, 2.45) is 11.7 Å². The summed E-state index contributed by atoms with van der Waals surface area (Å²) in [5, 5.41) is 3.47. The maximum absolute atomic E-state index is 11.0. The lowest BCUT2D eigenvalue weighted by molar-refractivity contribution is 0.1000. The Bertz CT molecular complexity index is 385. The molecule has 1 aliphatic rings. The molecule has 1 unspecified atom stereocenters. The lowest BCUT2D eigenvalue weighted by Gasteiger charge is -2.12. The zero-order valence-electron chi connectivity index (χ0n) is 9.57. The number of nitrogens with one attached hydrogen (secondary N) is 1. The molecule has 3 heteroatoms. The molecule has 1 aromatic carbocycles. The number of primary amides is 1. The minimum absolute atomic E-state index is 0.364. The van der Waals surface area contributed by atoms with Gasteiger partial charge in [-0.1, -0.05) is 12.1 Å². The lowest BCUT2D eigenvalue weighted by Crippen LogP contribution is -2.27. The average Bonchev–Trinajstić information content (AvgIpc) is 3.10. The molecule has 1 saturated carbocycles. The van der Waals surface area contributed by atoms with Gasteiger partial charge in [0.25, 0.3) is 0 Å². The van der Waals surface area contributed by atoms with Crippen molar-refractivity contribution in [2.45, 2.75) is 32.4 Å². The molecule has 0 heterocycles. The maximum atomic E-state index is 11.0. The van der Waals surface area contributed by atoms with Crippen molar-refractivity contribution in [2.75, 3.05) is 0 Å². The molecular weight excluding hydrogens is 200 g/mol. The molecule has 1 amide bonds. The molecule has 0 spiro atoms. The van der Waals surface area contributed by atoms with Gasteiger partial charge in [-0.2, -0.15) is 0 Å². The largest absolute Gasteiger partial charge is 0.366 e. The highest BCUT2D eigenvalue weighted by molar-refractivity contribution is 5.92. The van der Waals surface area contributed by atoms with Gasteiger partial charge < -0.3 is 11.1 Å². The molecule has 86 valence electrons. The highest BCUT2D eigenvalue weighted by atomic mass is 16.1. The molecule has 0 aromatic heterocycles. The second kappa shape index (κ2) is 4.66. The zero-order valence-corrected chi connectivity index (χ0v) is 9.57. The summed E-state index contributed by atoms with van der Waals surface area (Å²) in [5.74, 6) is 0.483. The second-order valence-corrected chi connectivity index (χ2v) is 4.57. The minimum Gasteiger partial charge on any atom is -0.366 e. The molecule has 3 nitrogen and oxygen atoms in total. The molecule has 16 heavy (non-hydrogen) atoms. The van der Waals surface area contributed by atoms with Crippen LogP contribution in [0, 0.1) is 5.92 Å². The van der Waals surface area contributed by atoms with Crippen LogP contribution in [0.1, 0.15) is 35.7 Å². The minimum atomic E-state index is -0.364. The van der Waals surface area contributed by atoms with Crippen LogP contribution in [-0.2, 0) is 6.54 Å². The summed E-state index contributed by atoms with van der Waals surface area (Å²) < 4.78 is 0. The standard InChI is InChI=1S/C13H18N2O/c1-9(11-5-6-11)15-8-10-3-2-4-12(7-10)13(14)16/h2-4,7,9,11,15H,5-6,8H2,1H3,(H2,14,16).